The smallest absolute Gasteiger partial charge is 0.304 e. The molecule has 3 N–H and O–H groups in total. The standard InChI is InChI=1S/C21H29FN2O4/c1-2-16(23-10-9-18(26)27)14-5-3-13(4-6-14)11-24-12-15-7-8-17(25)20(22)19(15)21(24)28/h7-8,13-14,16,23,25H,2-6,9-12H2,1H3,(H,26,27). The summed E-state index contributed by atoms with van der Waals surface area (Å²) < 4.78 is 14.1. The molecular weight excluding hydrogens is 363 g/mol. The lowest BCUT2D eigenvalue weighted by Crippen LogP contribution is -2.40. The Balaban J connectivity index is 1.50. The molecule has 0 aromatic heterocycles. The molecule has 2 aliphatic rings. The number of nitrogens with one attached hydrogen (secondary N) is 1. The number of phenols is 1. The number of phenolic OH excluding ortho intramolecular Hbond substituents is 1. The van der Waals surface area contributed by atoms with E-state index in [0.29, 0.717) is 43.1 Å². The van der Waals surface area contributed by atoms with Crippen molar-refractivity contribution in [1.29, 1.82) is 0 Å². The lowest BCUT2D eigenvalue weighted by Gasteiger charge is -2.35. The molecule has 154 valence electrons. The Morgan fingerprint density at radius 2 is 2.04 bits per heavy atom. The Bertz CT molecular complexity index is 731. The van der Waals surface area contributed by atoms with E-state index in [-0.39, 0.29) is 17.9 Å². The summed E-state index contributed by atoms with van der Waals surface area (Å²) in [5.74, 6) is -1.49. The zero-order valence-electron chi connectivity index (χ0n) is 16.3. The van der Waals surface area contributed by atoms with E-state index in [4.69, 9.17) is 5.11 Å². The van der Waals surface area contributed by atoms with Gasteiger partial charge in [0.25, 0.3) is 5.91 Å². The summed E-state index contributed by atoms with van der Waals surface area (Å²) in [5.41, 5.74) is 0.657. The van der Waals surface area contributed by atoms with E-state index in [1.165, 1.54) is 6.07 Å². The average molecular weight is 392 g/mol. The first kappa shape index (κ1) is 20.6. The van der Waals surface area contributed by atoms with Crippen molar-refractivity contribution in [2.24, 2.45) is 11.8 Å². The zero-order chi connectivity index (χ0) is 20.3. The Labute approximate surface area is 164 Å². The van der Waals surface area contributed by atoms with Crippen LogP contribution < -0.4 is 5.32 Å². The number of carbonyl (C=O) groups excluding carboxylic acids is 1. The van der Waals surface area contributed by atoms with Crippen LogP contribution in [-0.2, 0) is 11.3 Å². The van der Waals surface area contributed by atoms with Gasteiger partial charge in [0.2, 0.25) is 0 Å². The van der Waals surface area contributed by atoms with Crippen LogP contribution in [-0.4, -0.2) is 46.1 Å². The van der Waals surface area contributed by atoms with E-state index in [9.17, 15) is 19.1 Å². The van der Waals surface area contributed by atoms with Crippen LogP contribution in [0.15, 0.2) is 12.1 Å². The van der Waals surface area contributed by atoms with Crippen molar-refractivity contribution in [1.82, 2.24) is 10.2 Å². The molecule has 1 amide bonds. The molecule has 0 saturated heterocycles. The molecule has 0 spiro atoms. The zero-order valence-corrected chi connectivity index (χ0v) is 16.3. The number of benzene rings is 1. The number of rotatable bonds is 8. The van der Waals surface area contributed by atoms with Gasteiger partial charge in [0.05, 0.1) is 12.0 Å². The summed E-state index contributed by atoms with van der Waals surface area (Å²) in [6, 6.07) is 3.25. The van der Waals surface area contributed by atoms with Crippen LogP contribution in [0.4, 0.5) is 4.39 Å². The van der Waals surface area contributed by atoms with Gasteiger partial charge < -0.3 is 20.4 Å². The van der Waals surface area contributed by atoms with E-state index in [1.54, 1.807) is 11.0 Å². The van der Waals surface area contributed by atoms with Gasteiger partial charge in [0.1, 0.15) is 0 Å². The van der Waals surface area contributed by atoms with Crippen molar-refractivity contribution in [3.63, 3.8) is 0 Å². The number of halogens is 1. The van der Waals surface area contributed by atoms with Crippen LogP contribution in [0.1, 0.15) is 61.4 Å². The maximum atomic E-state index is 14.1. The topological polar surface area (TPSA) is 89.9 Å². The Morgan fingerprint density at radius 3 is 2.68 bits per heavy atom. The maximum Gasteiger partial charge on any atom is 0.304 e. The highest BCUT2D eigenvalue weighted by Crippen LogP contribution is 2.35. The molecule has 1 unspecified atom stereocenters. The molecule has 1 aliphatic heterocycles. The van der Waals surface area contributed by atoms with Gasteiger partial charge in [-0.05, 0) is 55.6 Å². The van der Waals surface area contributed by atoms with Crippen molar-refractivity contribution < 1.29 is 24.2 Å². The number of aromatic hydroxyl groups is 1. The number of carboxylic acids is 1. The minimum absolute atomic E-state index is 0.0161. The maximum absolute atomic E-state index is 14.1. The van der Waals surface area contributed by atoms with Crippen LogP contribution in [0.3, 0.4) is 0 Å². The fraction of sp³-hybridized carbons (Fsp3) is 0.619. The van der Waals surface area contributed by atoms with Crippen LogP contribution in [0.25, 0.3) is 0 Å². The van der Waals surface area contributed by atoms with E-state index in [2.05, 4.69) is 12.2 Å². The number of aliphatic carboxylic acids is 1. The average Bonchev–Trinajstić information content (AvgIpc) is 2.99. The number of amides is 1. The first-order valence-corrected chi connectivity index (χ1v) is 10.2. The van der Waals surface area contributed by atoms with Crippen LogP contribution >= 0.6 is 0 Å². The molecule has 0 radical (unpaired) electrons. The normalized spacial score (nSPS) is 22.9. The highest BCUT2D eigenvalue weighted by Gasteiger charge is 2.34. The number of hydrogen-bond acceptors (Lipinski definition) is 4. The molecule has 1 aromatic rings. The number of carbonyl (C=O) groups is 2. The fourth-order valence-electron chi connectivity index (χ4n) is 4.64. The van der Waals surface area contributed by atoms with Crippen molar-refractivity contribution in [3.8, 4) is 5.75 Å². The largest absolute Gasteiger partial charge is 0.505 e. The van der Waals surface area contributed by atoms with E-state index >= 15 is 0 Å². The molecule has 3 rings (SSSR count). The molecule has 1 fully saturated rings. The molecule has 0 bridgehead atoms. The summed E-state index contributed by atoms with van der Waals surface area (Å²) in [7, 11) is 0. The van der Waals surface area contributed by atoms with Crippen molar-refractivity contribution in [3.05, 3.63) is 29.1 Å². The highest BCUT2D eigenvalue weighted by molar-refractivity contribution is 5.99. The summed E-state index contributed by atoms with van der Waals surface area (Å²) in [4.78, 5) is 24.9. The van der Waals surface area contributed by atoms with Crippen molar-refractivity contribution in [2.75, 3.05) is 13.1 Å². The molecule has 28 heavy (non-hydrogen) atoms. The monoisotopic (exact) mass is 392 g/mol. The molecule has 1 heterocycles. The van der Waals surface area contributed by atoms with Gasteiger partial charge in [0.15, 0.2) is 11.6 Å². The second kappa shape index (κ2) is 8.90. The number of carboxylic acid groups (broad SMARTS) is 1. The molecular formula is C21H29FN2O4. The second-order valence-corrected chi connectivity index (χ2v) is 8.01. The van der Waals surface area contributed by atoms with Crippen molar-refractivity contribution in [2.45, 2.75) is 58.0 Å². The summed E-state index contributed by atoms with van der Waals surface area (Å²) in [6.07, 6.45) is 5.22. The second-order valence-electron chi connectivity index (χ2n) is 8.01. The van der Waals surface area contributed by atoms with Gasteiger partial charge in [-0.2, -0.15) is 0 Å². The summed E-state index contributed by atoms with van der Waals surface area (Å²) in [5, 5.41) is 21.7. The SMILES string of the molecule is CCC(NCCC(=O)O)C1CCC(CN2Cc3ccc(O)c(F)c3C2=O)CC1. The Morgan fingerprint density at radius 1 is 1.32 bits per heavy atom. The first-order valence-electron chi connectivity index (χ1n) is 10.2. The summed E-state index contributed by atoms with van der Waals surface area (Å²) >= 11 is 0. The first-order chi connectivity index (χ1) is 13.4. The van der Waals surface area contributed by atoms with Crippen LogP contribution in [0.5, 0.6) is 5.75 Å². The molecule has 7 heteroatoms. The minimum Gasteiger partial charge on any atom is -0.505 e. The third-order valence-corrected chi connectivity index (χ3v) is 6.19. The highest BCUT2D eigenvalue weighted by atomic mass is 19.1. The van der Waals surface area contributed by atoms with Gasteiger partial charge in [-0.15, -0.1) is 0 Å². The summed E-state index contributed by atoms with van der Waals surface area (Å²) in [6.45, 7) is 3.63. The molecule has 6 nitrogen and oxygen atoms in total. The van der Waals surface area contributed by atoms with Crippen molar-refractivity contribution >= 4 is 11.9 Å². The Kier molecular flexibility index (Phi) is 6.54. The fourth-order valence-corrected chi connectivity index (χ4v) is 4.64. The number of hydrogen-bond donors (Lipinski definition) is 3. The van der Waals surface area contributed by atoms with Gasteiger partial charge in [-0.25, -0.2) is 4.39 Å². The van der Waals surface area contributed by atoms with Gasteiger partial charge in [0, 0.05) is 25.7 Å². The van der Waals surface area contributed by atoms with Gasteiger partial charge >= 0.3 is 5.97 Å². The van der Waals surface area contributed by atoms with E-state index < -0.39 is 17.5 Å². The number of nitrogens with zero attached hydrogens (tertiary/aromatic N) is 1. The Hall–Kier alpha value is -2.15. The molecule has 1 aliphatic carbocycles. The number of fused-ring (bicyclic) bond motifs is 1. The van der Waals surface area contributed by atoms with Crippen LogP contribution in [0.2, 0.25) is 0 Å². The lowest BCUT2D eigenvalue weighted by atomic mass is 9.77. The van der Waals surface area contributed by atoms with Gasteiger partial charge in [-0.1, -0.05) is 13.0 Å². The predicted molar refractivity (Wildman–Crippen MR) is 103 cm³/mol. The van der Waals surface area contributed by atoms with E-state index in [0.717, 1.165) is 32.1 Å². The molecule has 1 atom stereocenters. The third-order valence-electron chi connectivity index (χ3n) is 6.19. The lowest BCUT2D eigenvalue weighted by molar-refractivity contribution is -0.136. The molecule has 1 saturated carbocycles. The van der Waals surface area contributed by atoms with Crippen LogP contribution in [0, 0.1) is 17.7 Å². The van der Waals surface area contributed by atoms with E-state index in [1.807, 2.05) is 0 Å². The predicted octanol–water partition coefficient (Wildman–Crippen LogP) is 3.14. The minimum atomic E-state index is -0.813. The van der Waals surface area contributed by atoms with Gasteiger partial charge in [-0.3, -0.25) is 9.59 Å². The molecule has 1 aromatic carbocycles. The third kappa shape index (κ3) is 4.46. The quantitative estimate of drug-likeness (QED) is 0.632.